The summed E-state index contributed by atoms with van der Waals surface area (Å²) in [6.07, 6.45) is 2.66. The Labute approximate surface area is 149 Å². The van der Waals surface area contributed by atoms with Crippen molar-refractivity contribution >= 4 is 23.5 Å². The van der Waals surface area contributed by atoms with E-state index in [1.54, 1.807) is 6.07 Å². The lowest BCUT2D eigenvalue weighted by atomic mass is 10.1. The number of aromatic nitrogens is 2. The molecule has 0 aliphatic rings. The van der Waals surface area contributed by atoms with E-state index < -0.39 is 29.1 Å². The van der Waals surface area contributed by atoms with Crippen molar-refractivity contribution in [1.82, 2.24) is 15.1 Å². The van der Waals surface area contributed by atoms with Gasteiger partial charge in [-0.15, -0.1) is 0 Å². The molecule has 3 N–H and O–H groups in total. The maximum absolute atomic E-state index is 13.1. The maximum Gasteiger partial charge on any atom is 0.331 e. The average Bonchev–Trinajstić information content (AvgIpc) is 3.02. The van der Waals surface area contributed by atoms with Gasteiger partial charge >= 0.3 is 5.97 Å². The zero-order valence-corrected chi connectivity index (χ0v) is 14.3. The highest BCUT2D eigenvalue weighted by atomic mass is 19.1. The lowest BCUT2D eigenvalue weighted by molar-refractivity contribution is -0.146. The van der Waals surface area contributed by atoms with Crippen molar-refractivity contribution in [1.29, 1.82) is 0 Å². The van der Waals surface area contributed by atoms with E-state index in [0.717, 1.165) is 0 Å². The van der Waals surface area contributed by atoms with Crippen LogP contribution in [0.1, 0.15) is 19.4 Å². The van der Waals surface area contributed by atoms with Gasteiger partial charge in [-0.25, -0.2) is 9.18 Å². The molecule has 1 aromatic carbocycles. The van der Waals surface area contributed by atoms with E-state index in [-0.39, 0.29) is 13.0 Å². The van der Waals surface area contributed by atoms with Gasteiger partial charge < -0.3 is 15.7 Å². The molecule has 0 radical (unpaired) electrons. The molecule has 2 rings (SSSR count). The van der Waals surface area contributed by atoms with Crippen LogP contribution in [0.2, 0.25) is 0 Å². The first-order valence-corrected chi connectivity index (χ1v) is 7.78. The van der Waals surface area contributed by atoms with Crippen LogP contribution in [0.4, 0.5) is 10.1 Å². The number of benzene rings is 1. The molecule has 0 atom stereocenters. The molecule has 1 aromatic heterocycles. The number of carboxylic acids is 1. The monoisotopic (exact) mass is 362 g/mol. The number of rotatable bonds is 7. The Balaban J connectivity index is 1.84. The topological polar surface area (TPSA) is 113 Å². The minimum atomic E-state index is -1.26. The Kier molecular flexibility index (Phi) is 5.71. The minimum Gasteiger partial charge on any atom is -0.479 e. The summed E-state index contributed by atoms with van der Waals surface area (Å²) in [6, 6.07) is 5.64. The highest BCUT2D eigenvalue weighted by Gasteiger charge is 2.30. The molecule has 0 bridgehead atoms. The third kappa shape index (κ3) is 4.88. The Morgan fingerprint density at radius 1 is 1.27 bits per heavy atom. The van der Waals surface area contributed by atoms with Gasteiger partial charge in [0, 0.05) is 6.20 Å². The van der Waals surface area contributed by atoms with Crippen molar-refractivity contribution in [3.8, 4) is 0 Å². The third-order valence-corrected chi connectivity index (χ3v) is 3.66. The van der Waals surface area contributed by atoms with Crippen molar-refractivity contribution in [2.24, 2.45) is 0 Å². The normalized spacial score (nSPS) is 11.0. The average molecular weight is 362 g/mol. The number of carbonyl (C=O) groups is 3. The number of hydrogen-bond acceptors (Lipinski definition) is 4. The fourth-order valence-corrected chi connectivity index (χ4v) is 2.07. The maximum atomic E-state index is 13.1. The van der Waals surface area contributed by atoms with E-state index in [0.29, 0.717) is 11.3 Å². The van der Waals surface area contributed by atoms with Crippen molar-refractivity contribution in [2.75, 3.05) is 11.9 Å². The fourth-order valence-electron chi connectivity index (χ4n) is 2.07. The van der Waals surface area contributed by atoms with Crippen LogP contribution in [-0.4, -0.2) is 39.2 Å². The first kappa shape index (κ1) is 19.1. The van der Waals surface area contributed by atoms with Crippen LogP contribution in [0.5, 0.6) is 0 Å². The van der Waals surface area contributed by atoms with E-state index >= 15 is 0 Å². The van der Waals surface area contributed by atoms with Crippen LogP contribution < -0.4 is 10.6 Å². The molecule has 1 heterocycles. The number of amides is 2. The molecule has 0 spiro atoms. The van der Waals surface area contributed by atoms with Gasteiger partial charge in [-0.2, -0.15) is 5.10 Å². The van der Waals surface area contributed by atoms with Gasteiger partial charge in [0.15, 0.2) is 5.54 Å². The second-order valence-corrected chi connectivity index (χ2v) is 6.17. The molecule has 0 aliphatic carbocycles. The number of anilines is 1. The van der Waals surface area contributed by atoms with Gasteiger partial charge in [0.2, 0.25) is 11.8 Å². The second kappa shape index (κ2) is 7.77. The SMILES string of the molecule is CC(C)(C(=O)O)n1cc(NC(=O)CNC(=O)Cc2cccc(F)c2)cn1. The van der Waals surface area contributed by atoms with Gasteiger partial charge in [0.05, 0.1) is 24.8 Å². The predicted molar refractivity (Wildman–Crippen MR) is 90.9 cm³/mol. The lowest BCUT2D eigenvalue weighted by Gasteiger charge is -2.19. The Bertz CT molecular complexity index is 832. The molecule has 0 unspecified atom stereocenters. The van der Waals surface area contributed by atoms with Crippen molar-refractivity contribution < 1.29 is 23.9 Å². The fraction of sp³-hybridized carbons (Fsp3) is 0.294. The first-order valence-electron chi connectivity index (χ1n) is 7.78. The van der Waals surface area contributed by atoms with Crippen LogP contribution >= 0.6 is 0 Å². The number of hydrogen-bond donors (Lipinski definition) is 3. The Morgan fingerprint density at radius 3 is 2.65 bits per heavy atom. The standard InChI is InChI=1S/C17H19FN4O4/c1-17(2,16(25)26)22-10-13(8-20-22)21-15(24)9-19-14(23)7-11-4-3-5-12(18)6-11/h3-6,8,10H,7,9H2,1-2H3,(H,19,23)(H,21,24)(H,25,26). The molecule has 9 heteroatoms. The highest BCUT2D eigenvalue weighted by molar-refractivity contribution is 5.94. The lowest BCUT2D eigenvalue weighted by Crippen LogP contribution is -2.36. The summed E-state index contributed by atoms with van der Waals surface area (Å²) >= 11 is 0. The first-order chi connectivity index (χ1) is 12.2. The zero-order valence-electron chi connectivity index (χ0n) is 14.3. The largest absolute Gasteiger partial charge is 0.479 e. The van der Waals surface area contributed by atoms with E-state index in [1.807, 2.05) is 0 Å². The third-order valence-electron chi connectivity index (χ3n) is 3.66. The second-order valence-electron chi connectivity index (χ2n) is 6.17. The summed E-state index contributed by atoms with van der Waals surface area (Å²) in [6.45, 7) is 2.67. The summed E-state index contributed by atoms with van der Waals surface area (Å²) in [5, 5.41) is 18.0. The molecule has 2 aromatic rings. The van der Waals surface area contributed by atoms with E-state index in [9.17, 15) is 18.8 Å². The molecule has 8 nitrogen and oxygen atoms in total. The summed E-state index contributed by atoms with van der Waals surface area (Å²) in [4.78, 5) is 34.9. The van der Waals surface area contributed by atoms with E-state index in [1.165, 1.54) is 49.1 Å². The number of nitrogens with one attached hydrogen (secondary N) is 2. The molecular formula is C17H19FN4O4. The van der Waals surface area contributed by atoms with E-state index in [2.05, 4.69) is 15.7 Å². The Hall–Kier alpha value is -3.23. The van der Waals surface area contributed by atoms with E-state index in [4.69, 9.17) is 5.11 Å². The number of nitrogens with zero attached hydrogens (tertiary/aromatic N) is 2. The summed E-state index contributed by atoms with van der Waals surface area (Å²) in [5.41, 5.74) is -0.453. The van der Waals surface area contributed by atoms with Crippen molar-refractivity contribution in [3.63, 3.8) is 0 Å². The van der Waals surface area contributed by atoms with Gasteiger partial charge in [0.1, 0.15) is 5.82 Å². The predicted octanol–water partition coefficient (Wildman–Crippen LogP) is 1.14. The zero-order chi connectivity index (χ0) is 19.3. The summed E-state index contributed by atoms with van der Waals surface area (Å²) in [7, 11) is 0. The van der Waals surface area contributed by atoms with Gasteiger partial charge in [0.25, 0.3) is 0 Å². The van der Waals surface area contributed by atoms with Crippen molar-refractivity contribution in [3.05, 3.63) is 48.0 Å². The Morgan fingerprint density at radius 2 is 2.00 bits per heavy atom. The number of aliphatic carboxylic acids is 1. The quantitative estimate of drug-likeness (QED) is 0.684. The van der Waals surface area contributed by atoms with Gasteiger partial charge in [-0.3, -0.25) is 14.3 Å². The molecule has 0 aliphatic heterocycles. The van der Waals surface area contributed by atoms with Gasteiger partial charge in [-0.05, 0) is 31.5 Å². The summed E-state index contributed by atoms with van der Waals surface area (Å²) in [5.74, 6) is -2.42. The molecule has 0 saturated heterocycles. The molecule has 138 valence electrons. The molecule has 2 amide bonds. The minimum absolute atomic E-state index is 0.0459. The van der Waals surface area contributed by atoms with Crippen molar-refractivity contribution in [2.45, 2.75) is 25.8 Å². The molecule has 26 heavy (non-hydrogen) atoms. The smallest absolute Gasteiger partial charge is 0.331 e. The van der Waals surface area contributed by atoms with Crippen LogP contribution in [0.25, 0.3) is 0 Å². The van der Waals surface area contributed by atoms with Crippen LogP contribution in [0.15, 0.2) is 36.7 Å². The molecule has 0 fully saturated rings. The molecular weight excluding hydrogens is 343 g/mol. The molecule has 0 saturated carbocycles. The van der Waals surface area contributed by atoms with Crippen LogP contribution in [0, 0.1) is 5.82 Å². The number of carbonyl (C=O) groups excluding carboxylic acids is 2. The summed E-state index contributed by atoms with van der Waals surface area (Å²) < 4.78 is 14.3. The number of carboxylic acid groups (broad SMARTS) is 1. The highest BCUT2D eigenvalue weighted by Crippen LogP contribution is 2.17. The number of halogens is 1. The van der Waals surface area contributed by atoms with Crippen LogP contribution in [-0.2, 0) is 26.3 Å². The van der Waals surface area contributed by atoms with Gasteiger partial charge in [-0.1, -0.05) is 12.1 Å². The van der Waals surface area contributed by atoms with Crippen LogP contribution in [0.3, 0.4) is 0 Å².